The molecule has 3 aromatic rings. The number of benzene rings is 2. The molecule has 2 N–H and O–H groups in total. The summed E-state index contributed by atoms with van der Waals surface area (Å²) in [6.07, 6.45) is 0. The van der Waals surface area contributed by atoms with Crippen LogP contribution in [0, 0.1) is 0 Å². The van der Waals surface area contributed by atoms with Crippen LogP contribution in [-0.2, 0) is 14.8 Å². The maximum absolute atomic E-state index is 12.6. The lowest BCUT2D eigenvalue weighted by molar-refractivity contribution is 0.0526. The number of sulfonamides is 1. The van der Waals surface area contributed by atoms with Gasteiger partial charge in [0.2, 0.25) is 5.13 Å². The number of halogens is 3. The summed E-state index contributed by atoms with van der Waals surface area (Å²) in [7, 11) is -4.14. The highest BCUT2D eigenvalue weighted by Gasteiger charge is 2.23. The first-order valence-electron chi connectivity index (χ1n) is 8.70. The molecule has 32 heavy (non-hydrogen) atoms. The van der Waals surface area contributed by atoms with E-state index in [1.54, 1.807) is 6.92 Å². The molecule has 0 spiro atoms. The molecular formula is C18H13Cl3N4O5S2. The summed E-state index contributed by atoms with van der Waals surface area (Å²) in [5.74, 6) is -1.24. The number of nitrogens with zero attached hydrogens (tertiary/aromatic N) is 2. The molecule has 2 aromatic carbocycles. The van der Waals surface area contributed by atoms with Gasteiger partial charge in [-0.1, -0.05) is 46.1 Å². The number of rotatable bonds is 7. The Hall–Kier alpha value is -2.44. The smallest absolute Gasteiger partial charge is 0.339 e. The fourth-order valence-electron chi connectivity index (χ4n) is 2.36. The van der Waals surface area contributed by atoms with E-state index in [2.05, 4.69) is 20.2 Å². The molecule has 3 rings (SSSR count). The molecule has 0 bridgehead atoms. The molecule has 1 amide bonds. The van der Waals surface area contributed by atoms with Crippen molar-refractivity contribution in [1.82, 2.24) is 10.2 Å². The zero-order valence-corrected chi connectivity index (χ0v) is 20.0. The van der Waals surface area contributed by atoms with Gasteiger partial charge < -0.3 is 4.74 Å². The van der Waals surface area contributed by atoms with Crippen LogP contribution in [0.5, 0.6) is 0 Å². The van der Waals surface area contributed by atoms with Crippen LogP contribution in [0.15, 0.2) is 40.7 Å². The van der Waals surface area contributed by atoms with Crippen molar-refractivity contribution in [2.75, 3.05) is 16.6 Å². The SMILES string of the molecule is CCOC(=O)c1ccc(NS(=O)(=O)c2nnc(NC(=O)c3ccc(Cl)cc3Cl)s2)cc1Cl. The van der Waals surface area contributed by atoms with E-state index < -0.39 is 26.2 Å². The molecule has 0 saturated heterocycles. The number of aromatic nitrogens is 2. The normalized spacial score (nSPS) is 11.1. The van der Waals surface area contributed by atoms with Gasteiger partial charge in [-0.3, -0.25) is 14.8 Å². The number of hydrogen-bond acceptors (Lipinski definition) is 8. The molecule has 1 aromatic heterocycles. The van der Waals surface area contributed by atoms with E-state index in [1.165, 1.54) is 36.4 Å². The predicted molar refractivity (Wildman–Crippen MR) is 123 cm³/mol. The first-order valence-corrected chi connectivity index (χ1v) is 12.1. The average Bonchev–Trinajstić information content (AvgIpc) is 3.17. The Labute approximate surface area is 201 Å². The van der Waals surface area contributed by atoms with Crippen molar-refractivity contribution in [3.8, 4) is 0 Å². The third-order valence-electron chi connectivity index (χ3n) is 3.75. The van der Waals surface area contributed by atoms with Gasteiger partial charge in [0, 0.05) is 5.02 Å². The highest BCUT2D eigenvalue weighted by Crippen LogP contribution is 2.27. The fraction of sp³-hybridized carbons (Fsp3) is 0.111. The third kappa shape index (κ3) is 5.67. The second-order valence-corrected chi connectivity index (χ2v) is 10.1. The largest absolute Gasteiger partial charge is 0.462 e. The van der Waals surface area contributed by atoms with E-state index in [0.29, 0.717) is 16.4 Å². The second kappa shape index (κ2) is 10.0. The van der Waals surface area contributed by atoms with Crippen molar-refractivity contribution in [1.29, 1.82) is 0 Å². The van der Waals surface area contributed by atoms with E-state index in [-0.39, 0.29) is 38.6 Å². The van der Waals surface area contributed by atoms with Gasteiger partial charge in [-0.2, -0.15) is 8.42 Å². The standard InChI is InChI=1S/C18H13Cl3N4O5S2/c1-2-30-16(27)12-6-4-10(8-14(12)21)25-32(28,29)18-24-23-17(31-18)22-15(26)11-5-3-9(19)7-13(11)20/h3-8,25H,2H2,1H3,(H,22,23,26). The zero-order chi connectivity index (χ0) is 23.5. The van der Waals surface area contributed by atoms with Crippen molar-refractivity contribution in [2.24, 2.45) is 0 Å². The zero-order valence-electron chi connectivity index (χ0n) is 16.1. The Morgan fingerprint density at radius 2 is 1.72 bits per heavy atom. The van der Waals surface area contributed by atoms with E-state index in [0.717, 1.165) is 0 Å². The molecule has 14 heteroatoms. The lowest BCUT2D eigenvalue weighted by Crippen LogP contribution is -2.13. The Balaban J connectivity index is 1.74. The van der Waals surface area contributed by atoms with Gasteiger partial charge in [-0.05, 0) is 43.3 Å². The Bertz CT molecular complexity index is 1300. The molecule has 0 aliphatic rings. The highest BCUT2D eigenvalue weighted by molar-refractivity contribution is 7.94. The maximum Gasteiger partial charge on any atom is 0.339 e. The van der Waals surface area contributed by atoms with Gasteiger partial charge in [0.15, 0.2) is 0 Å². The van der Waals surface area contributed by atoms with E-state index in [1.807, 2.05) is 0 Å². The highest BCUT2D eigenvalue weighted by atomic mass is 35.5. The Kier molecular flexibility index (Phi) is 7.57. The van der Waals surface area contributed by atoms with Crippen LogP contribution >= 0.6 is 46.1 Å². The van der Waals surface area contributed by atoms with Gasteiger partial charge in [-0.15, -0.1) is 10.2 Å². The van der Waals surface area contributed by atoms with Gasteiger partial charge in [0.25, 0.3) is 20.3 Å². The number of hydrogen-bond donors (Lipinski definition) is 2. The van der Waals surface area contributed by atoms with Crippen molar-refractivity contribution < 1.29 is 22.7 Å². The number of anilines is 2. The monoisotopic (exact) mass is 534 g/mol. The molecule has 0 fully saturated rings. The van der Waals surface area contributed by atoms with Gasteiger partial charge in [-0.25, -0.2) is 4.79 Å². The summed E-state index contributed by atoms with van der Waals surface area (Å²) in [6.45, 7) is 1.82. The van der Waals surface area contributed by atoms with Crippen LogP contribution in [0.3, 0.4) is 0 Å². The van der Waals surface area contributed by atoms with E-state index in [9.17, 15) is 18.0 Å². The summed E-state index contributed by atoms with van der Waals surface area (Å²) in [5.41, 5.74) is 0.320. The topological polar surface area (TPSA) is 127 Å². The lowest BCUT2D eigenvalue weighted by atomic mass is 10.2. The number of nitrogens with one attached hydrogen (secondary N) is 2. The summed E-state index contributed by atoms with van der Waals surface area (Å²) in [5, 5.41) is 10.1. The summed E-state index contributed by atoms with van der Waals surface area (Å²) in [6, 6.07) is 8.25. The molecule has 9 nitrogen and oxygen atoms in total. The van der Waals surface area contributed by atoms with Crippen molar-refractivity contribution in [2.45, 2.75) is 11.3 Å². The van der Waals surface area contributed by atoms with Crippen LogP contribution in [0.4, 0.5) is 10.8 Å². The van der Waals surface area contributed by atoms with Gasteiger partial charge in [0.1, 0.15) is 0 Å². The quantitative estimate of drug-likeness (QED) is 0.331. The van der Waals surface area contributed by atoms with Crippen molar-refractivity contribution >= 4 is 78.9 Å². The van der Waals surface area contributed by atoms with Crippen LogP contribution in [0.25, 0.3) is 0 Å². The number of ether oxygens (including phenoxy) is 1. The Morgan fingerprint density at radius 3 is 2.38 bits per heavy atom. The number of carbonyl (C=O) groups excluding carboxylic acids is 2. The summed E-state index contributed by atoms with van der Waals surface area (Å²) in [4.78, 5) is 24.2. The van der Waals surface area contributed by atoms with Gasteiger partial charge in [0.05, 0.1) is 33.5 Å². The fourth-order valence-corrected chi connectivity index (χ4v) is 5.06. The molecule has 0 unspecified atom stereocenters. The number of esters is 1. The summed E-state index contributed by atoms with van der Waals surface area (Å²) < 4.78 is 32.0. The summed E-state index contributed by atoms with van der Waals surface area (Å²) >= 11 is 18.5. The van der Waals surface area contributed by atoms with Crippen molar-refractivity contribution in [3.05, 3.63) is 62.6 Å². The minimum Gasteiger partial charge on any atom is -0.462 e. The van der Waals surface area contributed by atoms with Crippen LogP contribution in [0.2, 0.25) is 15.1 Å². The molecular weight excluding hydrogens is 523 g/mol. The third-order valence-corrected chi connectivity index (χ3v) is 7.20. The molecule has 0 aliphatic heterocycles. The maximum atomic E-state index is 12.6. The molecule has 0 radical (unpaired) electrons. The second-order valence-electron chi connectivity index (χ2n) is 5.97. The molecule has 1 heterocycles. The minimum atomic E-state index is -4.14. The average molecular weight is 536 g/mol. The predicted octanol–water partition coefficient (Wildman–Crippen LogP) is 4.73. The molecule has 0 saturated carbocycles. The van der Waals surface area contributed by atoms with Crippen LogP contribution in [0.1, 0.15) is 27.6 Å². The van der Waals surface area contributed by atoms with Crippen LogP contribution in [-0.4, -0.2) is 37.1 Å². The number of amides is 1. The van der Waals surface area contributed by atoms with E-state index in [4.69, 9.17) is 39.5 Å². The lowest BCUT2D eigenvalue weighted by Gasteiger charge is -2.08. The molecule has 0 aliphatic carbocycles. The van der Waals surface area contributed by atoms with Crippen LogP contribution < -0.4 is 10.0 Å². The minimum absolute atomic E-state index is 0.00806. The molecule has 0 atom stereocenters. The molecule has 168 valence electrons. The van der Waals surface area contributed by atoms with E-state index >= 15 is 0 Å². The van der Waals surface area contributed by atoms with Gasteiger partial charge >= 0.3 is 5.97 Å². The van der Waals surface area contributed by atoms with Crippen molar-refractivity contribution in [3.63, 3.8) is 0 Å². The first kappa shape index (κ1) is 24.2. The Morgan fingerprint density at radius 1 is 1.03 bits per heavy atom. The first-order chi connectivity index (χ1) is 15.1. The number of carbonyl (C=O) groups is 2.